The molecule has 0 fully saturated rings. The van der Waals surface area contributed by atoms with Gasteiger partial charge in [0.05, 0.1) is 14.2 Å². The summed E-state index contributed by atoms with van der Waals surface area (Å²) in [4.78, 5) is 14.0. The Morgan fingerprint density at radius 3 is 2.89 bits per heavy atom. The Hall–Kier alpha value is -1.16. The summed E-state index contributed by atoms with van der Waals surface area (Å²) in [7, 11) is 0. The minimum Gasteiger partial charge on any atom is -0.312 e. The maximum atomic E-state index is 12.1. The Bertz CT molecular complexity index is 696. The van der Waals surface area contributed by atoms with E-state index in [9.17, 15) is 10.1 Å². The summed E-state index contributed by atoms with van der Waals surface area (Å²) >= 11 is 6.27. The fourth-order valence-corrected chi connectivity index (χ4v) is 4.73. The van der Waals surface area contributed by atoms with Crippen molar-refractivity contribution in [3.63, 3.8) is 0 Å². The highest BCUT2D eigenvalue weighted by Crippen LogP contribution is 2.38. The molecule has 0 bridgehead atoms. The number of thiophene rings is 2. The number of hydrogen-bond acceptors (Lipinski definition) is 4. The van der Waals surface area contributed by atoms with Crippen LogP contribution in [-0.4, -0.2) is 5.91 Å². The topological polar surface area (TPSA) is 52.9 Å². The maximum absolute atomic E-state index is 12.1. The van der Waals surface area contributed by atoms with Crippen LogP contribution in [0.1, 0.15) is 32.1 Å². The Labute approximate surface area is 127 Å². The molecule has 1 aliphatic rings. The molecule has 96 valence electrons. The van der Waals surface area contributed by atoms with Crippen LogP contribution in [0.15, 0.2) is 15.9 Å². The first-order chi connectivity index (χ1) is 9.19. The number of amides is 1. The van der Waals surface area contributed by atoms with Gasteiger partial charge in [-0.25, -0.2) is 0 Å². The van der Waals surface area contributed by atoms with Crippen molar-refractivity contribution < 1.29 is 4.79 Å². The molecular formula is C13H9BrN2OS2. The number of fused-ring (bicyclic) bond motifs is 1. The van der Waals surface area contributed by atoms with Gasteiger partial charge in [-0.15, -0.1) is 22.7 Å². The van der Waals surface area contributed by atoms with E-state index in [1.807, 2.05) is 6.07 Å². The molecule has 0 saturated heterocycles. The van der Waals surface area contributed by atoms with Gasteiger partial charge in [-0.1, -0.05) is 0 Å². The van der Waals surface area contributed by atoms with E-state index in [0.717, 1.165) is 28.6 Å². The zero-order valence-corrected chi connectivity index (χ0v) is 13.0. The molecule has 0 aliphatic heterocycles. The van der Waals surface area contributed by atoms with Crippen molar-refractivity contribution in [2.45, 2.75) is 19.3 Å². The van der Waals surface area contributed by atoms with E-state index in [-0.39, 0.29) is 5.91 Å². The zero-order chi connectivity index (χ0) is 13.4. The SMILES string of the molecule is N#Cc1c(NC(=O)c2ccc(Br)s2)sc2c1CCC2. The number of rotatable bonds is 2. The van der Waals surface area contributed by atoms with Crippen molar-refractivity contribution in [2.24, 2.45) is 0 Å². The van der Waals surface area contributed by atoms with Crippen molar-refractivity contribution in [1.82, 2.24) is 0 Å². The summed E-state index contributed by atoms with van der Waals surface area (Å²) in [6, 6.07) is 5.85. The molecule has 2 aromatic heterocycles. The molecule has 0 unspecified atom stereocenters. The summed E-state index contributed by atoms with van der Waals surface area (Å²) in [5, 5.41) is 12.8. The van der Waals surface area contributed by atoms with Crippen LogP contribution in [0.2, 0.25) is 0 Å². The molecule has 1 aliphatic carbocycles. The third kappa shape index (κ3) is 2.34. The second-order valence-corrected chi connectivity index (χ2v) is 7.80. The molecule has 3 nitrogen and oxygen atoms in total. The van der Waals surface area contributed by atoms with Gasteiger partial charge >= 0.3 is 0 Å². The van der Waals surface area contributed by atoms with E-state index < -0.39 is 0 Å². The van der Waals surface area contributed by atoms with Gasteiger partial charge < -0.3 is 5.32 Å². The lowest BCUT2D eigenvalue weighted by Crippen LogP contribution is -2.10. The molecule has 1 N–H and O–H groups in total. The average molecular weight is 353 g/mol. The molecule has 19 heavy (non-hydrogen) atoms. The molecule has 1 amide bonds. The zero-order valence-electron chi connectivity index (χ0n) is 9.83. The van der Waals surface area contributed by atoms with Crippen LogP contribution in [-0.2, 0) is 12.8 Å². The largest absolute Gasteiger partial charge is 0.312 e. The first-order valence-corrected chi connectivity index (χ1v) is 8.23. The minimum absolute atomic E-state index is 0.146. The quantitative estimate of drug-likeness (QED) is 0.880. The number of nitriles is 1. The molecule has 3 rings (SSSR count). The highest BCUT2D eigenvalue weighted by molar-refractivity contribution is 9.11. The highest BCUT2D eigenvalue weighted by Gasteiger charge is 2.23. The number of halogens is 1. The van der Waals surface area contributed by atoms with Crippen LogP contribution in [0.5, 0.6) is 0 Å². The smallest absolute Gasteiger partial charge is 0.266 e. The standard InChI is InChI=1S/C13H9BrN2OS2/c14-11-5-4-10(18-11)12(17)16-13-8(6-15)7-2-1-3-9(7)19-13/h4-5H,1-3H2,(H,16,17). The molecule has 0 aromatic carbocycles. The fraction of sp³-hybridized carbons (Fsp3) is 0.231. The number of carbonyl (C=O) groups excluding carboxylic acids is 1. The summed E-state index contributed by atoms with van der Waals surface area (Å²) in [5.41, 5.74) is 1.79. The molecule has 2 aromatic rings. The van der Waals surface area contributed by atoms with Gasteiger partial charge in [-0.05, 0) is 52.9 Å². The third-order valence-corrected chi connectivity index (χ3v) is 5.89. The van der Waals surface area contributed by atoms with Crippen molar-refractivity contribution in [1.29, 1.82) is 5.26 Å². The van der Waals surface area contributed by atoms with E-state index in [1.54, 1.807) is 17.4 Å². The number of nitrogens with zero attached hydrogens (tertiary/aromatic N) is 1. The van der Waals surface area contributed by atoms with Crippen LogP contribution in [0.4, 0.5) is 5.00 Å². The molecule has 0 atom stereocenters. The lowest BCUT2D eigenvalue weighted by Gasteiger charge is -2.01. The second-order valence-electron chi connectivity index (χ2n) is 4.23. The van der Waals surface area contributed by atoms with Crippen molar-refractivity contribution in [3.05, 3.63) is 36.8 Å². The lowest BCUT2D eigenvalue weighted by molar-refractivity contribution is 0.103. The van der Waals surface area contributed by atoms with Gasteiger partial charge in [0.1, 0.15) is 11.1 Å². The predicted molar refractivity (Wildman–Crippen MR) is 81.0 cm³/mol. The molecule has 0 spiro atoms. The first kappa shape index (κ1) is 12.9. The minimum atomic E-state index is -0.146. The average Bonchev–Trinajstić information content (AvgIpc) is 3.04. The van der Waals surface area contributed by atoms with Crippen LogP contribution >= 0.6 is 38.6 Å². The Balaban J connectivity index is 1.88. The van der Waals surface area contributed by atoms with Crippen molar-refractivity contribution >= 4 is 49.5 Å². The van der Waals surface area contributed by atoms with Gasteiger partial charge in [0, 0.05) is 4.88 Å². The van der Waals surface area contributed by atoms with E-state index in [4.69, 9.17) is 0 Å². The molecule has 0 radical (unpaired) electrons. The van der Waals surface area contributed by atoms with Gasteiger partial charge in [-0.2, -0.15) is 5.26 Å². The van der Waals surface area contributed by atoms with Crippen molar-refractivity contribution in [3.8, 4) is 6.07 Å². The number of nitrogens with one attached hydrogen (secondary N) is 1. The van der Waals surface area contributed by atoms with E-state index >= 15 is 0 Å². The number of carbonyl (C=O) groups is 1. The summed E-state index contributed by atoms with van der Waals surface area (Å²) in [5.74, 6) is -0.146. The summed E-state index contributed by atoms with van der Waals surface area (Å²) in [6.45, 7) is 0. The summed E-state index contributed by atoms with van der Waals surface area (Å²) in [6.07, 6.45) is 3.09. The van der Waals surface area contributed by atoms with E-state index in [1.165, 1.54) is 16.2 Å². The molecule has 6 heteroatoms. The fourth-order valence-electron chi connectivity index (χ4n) is 2.21. The molecular weight excluding hydrogens is 344 g/mol. The Morgan fingerprint density at radius 1 is 1.37 bits per heavy atom. The number of aryl methyl sites for hydroxylation is 1. The van der Waals surface area contributed by atoms with E-state index in [2.05, 4.69) is 27.3 Å². The van der Waals surface area contributed by atoms with E-state index in [0.29, 0.717) is 15.4 Å². The number of anilines is 1. The lowest BCUT2D eigenvalue weighted by atomic mass is 10.1. The Kier molecular flexibility index (Phi) is 3.44. The van der Waals surface area contributed by atoms with Crippen LogP contribution in [0, 0.1) is 11.3 Å². The third-order valence-electron chi connectivity index (χ3n) is 3.06. The number of hydrogen-bond donors (Lipinski definition) is 1. The highest BCUT2D eigenvalue weighted by atomic mass is 79.9. The maximum Gasteiger partial charge on any atom is 0.266 e. The van der Waals surface area contributed by atoms with Gasteiger partial charge in [0.2, 0.25) is 0 Å². The molecule has 2 heterocycles. The molecule has 0 saturated carbocycles. The summed E-state index contributed by atoms with van der Waals surface area (Å²) < 4.78 is 0.923. The van der Waals surface area contributed by atoms with Crippen LogP contribution < -0.4 is 5.32 Å². The van der Waals surface area contributed by atoms with Crippen LogP contribution in [0.3, 0.4) is 0 Å². The second kappa shape index (κ2) is 5.08. The van der Waals surface area contributed by atoms with Gasteiger partial charge in [-0.3, -0.25) is 4.79 Å². The predicted octanol–water partition coefficient (Wildman–Crippen LogP) is 4.18. The van der Waals surface area contributed by atoms with Crippen molar-refractivity contribution in [2.75, 3.05) is 5.32 Å². The van der Waals surface area contributed by atoms with Crippen LogP contribution in [0.25, 0.3) is 0 Å². The monoisotopic (exact) mass is 352 g/mol. The Morgan fingerprint density at radius 2 is 2.21 bits per heavy atom. The normalized spacial score (nSPS) is 13.1. The first-order valence-electron chi connectivity index (χ1n) is 5.80. The van der Waals surface area contributed by atoms with Gasteiger partial charge in [0.25, 0.3) is 5.91 Å². The van der Waals surface area contributed by atoms with Gasteiger partial charge in [0.15, 0.2) is 0 Å².